The maximum atomic E-state index is 12.8. The predicted molar refractivity (Wildman–Crippen MR) is 93.5 cm³/mol. The van der Waals surface area contributed by atoms with Gasteiger partial charge in [0.1, 0.15) is 6.54 Å². The fourth-order valence-electron chi connectivity index (χ4n) is 3.30. The van der Waals surface area contributed by atoms with Crippen LogP contribution >= 0.6 is 0 Å². The molecule has 4 rings (SSSR count). The lowest BCUT2D eigenvalue weighted by atomic mass is 10.1. The van der Waals surface area contributed by atoms with Crippen LogP contribution in [0.5, 0.6) is 0 Å². The minimum atomic E-state index is -0.249. The summed E-state index contributed by atoms with van der Waals surface area (Å²) in [7, 11) is 0. The van der Waals surface area contributed by atoms with Crippen LogP contribution in [0.4, 0.5) is 11.4 Å². The van der Waals surface area contributed by atoms with E-state index in [-0.39, 0.29) is 18.4 Å². The zero-order chi connectivity index (χ0) is 16.5. The summed E-state index contributed by atoms with van der Waals surface area (Å²) in [4.78, 5) is 32.6. The molecule has 0 saturated heterocycles. The van der Waals surface area contributed by atoms with E-state index in [1.165, 1.54) is 16.7 Å². The van der Waals surface area contributed by atoms with Crippen LogP contribution in [-0.2, 0) is 22.6 Å². The number of amides is 2. The number of benzene rings is 2. The van der Waals surface area contributed by atoms with E-state index in [0.717, 1.165) is 23.4 Å². The van der Waals surface area contributed by atoms with Gasteiger partial charge in [-0.1, -0.05) is 36.4 Å². The van der Waals surface area contributed by atoms with Crippen molar-refractivity contribution in [3.8, 4) is 0 Å². The Morgan fingerprint density at radius 2 is 1.71 bits per heavy atom. The summed E-state index contributed by atoms with van der Waals surface area (Å²) < 4.78 is 0. The number of anilines is 2. The first-order chi connectivity index (χ1) is 11.7. The topological polar surface area (TPSA) is 53.0 Å². The van der Waals surface area contributed by atoms with Crippen molar-refractivity contribution < 1.29 is 9.59 Å². The molecular formula is C19H17N3O2. The van der Waals surface area contributed by atoms with Crippen molar-refractivity contribution in [3.63, 3.8) is 0 Å². The minimum Gasteiger partial charge on any atom is -0.310 e. The van der Waals surface area contributed by atoms with Gasteiger partial charge in [-0.15, -0.1) is 0 Å². The van der Waals surface area contributed by atoms with Gasteiger partial charge in [0, 0.05) is 17.9 Å². The van der Waals surface area contributed by atoms with Gasteiger partial charge in [-0.2, -0.15) is 0 Å². The van der Waals surface area contributed by atoms with Crippen LogP contribution in [0.3, 0.4) is 0 Å². The van der Waals surface area contributed by atoms with Crippen LogP contribution in [0.25, 0.3) is 0 Å². The molecule has 2 aliphatic heterocycles. The molecule has 2 aromatic rings. The number of carbonyl (C=O) groups is 2. The highest BCUT2D eigenvalue weighted by Gasteiger charge is 2.28. The molecule has 0 aliphatic carbocycles. The van der Waals surface area contributed by atoms with E-state index in [9.17, 15) is 9.59 Å². The molecule has 0 radical (unpaired) electrons. The summed E-state index contributed by atoms with van der Waals surface area (Å²) in [6, 6.07) is 15.5. The van der Waals surface area contributed by atoms with Crippen molar-refractivity contribution >= 4 is 29.4 Å². The summed E-state index contributed by atoms with van der Waals surface area (Å²) >= 11 is 0. The van der Waals surface area contributed by atoms with Crippen molar-refractivity contribution in [2.24, 2.45) is 4.99 Å². The van der Waals surface area contributed by atoms with Crippen molar-refractivity contribution in [1.29, 1.82) is 0 Å². The molecule has 0 fully saturated rings. The Kier molecular flexibility index (Phi) is 3.61. The molecule has 2 aromatic carbocycles. The molecule has 0 aromatic heterocycles. The van der Waals surface area contributed by atoms with Gasteiger partial charge in [0.25, 0.3) is 5.91 Å². The quantitative estimate of drug-likeness (QED) is 0.852. The molecule has 2 amide bonds. The van der Waals surface area contributed by atoms with Gasteiger partial charge in [0.05, 0.1) is 12.8 Å². The van der Waals surface area contributed by atoms with Crippen molar-refractivity contribution in [2.75, 3.05) is 22.9 Å². The predicted octanol–water partition coefficient (Wildman–Crippen LogP) is 2.19. The SMILES string of the molecule is O=C1C=NCc2ccccc2N1CC(=O)N1CCc2ccccc21. The van der Waals surface area contributed by atoms with E-state index in [2.05, 4.69) is 4.99 Å². The summed E-state index contributed by atoms with van der Waals surface area (Å²) in [5.41, 5.74) is 3.84. The molecule has 24 heavy (non-hydrogen) atoms. The number of nitrogens with zero attached hydrogens (tertiary/aromatic N) is 3. The van der Waals surface area contributed by atoms with E-state index in [1.807, 2.05) is 48.5 Å². The first kappa shape index (κ1) is 14.6. The summed E-state index contributed by atoms with van der Waals surface area (Å²) in [6.45, 7) is 1.14. The normalized spacial score (nSPS) is 15.9. The van der Waals surface area contributed by atoms with E-state index < -0.39 is 0 Å². The van der Waals surface area contributed by atoms with E-state index in [4.69, 9.17) is 0 Å². The Bertz CT molecular complexity index is 844. The third kappa shape index (κ3) is 2.48. The second kappa shape index (κ2) is 5.92. The number of para-hydroxylation sites is 2. The molecule has 0 unspecified atom stereocenters. The molecule has 120 valence electrons. The van der Waals surface area contributed by atoms with Gasteiger partial charge in [-0.3, -0.25) is 19.5 Å². The van der Waals surface area contributed by atoms with Crippen molar-refractivity contribution in [3.05, 3.63) is 59.7 Å². The number of aliphatic imine (C=N–C) groups is 1. The van der Waals surface area contributed by atoms with Crippen LogP contribution in [0, 0.1) is 0 Å². The second-order valence-electron chi connectivity index (χ2n) is 5.95. The third-order valence-electron chi connectivity index (χ3n) is 4.49. The Morgan fingerprint density at radius 3 is 2.54 bits per heavy atom. The van der Waals surface area contributed by atoms with Crippen LogP contribution in [0.2, 0.25) is 0 Å². The highest BCUT2D eigenvalue weighted by atomic mass is 16.2. The minimum absolute atomic E-state index is 0.0240. The average Bonchev–Trinajstić information content (AvgIpc) is 2.97. The first-order valence-electron chi connectivity index (χ1n) is 8.01. The number of rotatable bonds is 2. The Balaban J connectivity index is 1.62. The summed E-state index contributed by atoms with van der Waals surface area (Å²) in [5, 5.41) is 0. The third-order valence-corrected chi connectivity index (χ3v) is 4.49. The molecular weight excluding hydrogens is 302 g/mol. The van der Waals surface area contributed by atoms with E-state index in [0.29, 0.717) is 13.1 Å². The zero-order valence-electron chi connectivity index (χ0n) is 13.2. The lowest BCUT2D eigenvalue weighted by molar-refractivity contribution is -0.119. The zero-order valence-corrected chi connectivity index (χ0v) is 13.2. The largest absolute Gasteiger partial charge is 0.310 e. The van der Waals surface area contributed by atoms with Crippen LogP contribution in [0.15, 0.2) is 53.5 Å². The van der Waals surface area contributed by atoms with Crippen molar-refractivity contribution in [1.82, 2.24) is 0 Å². The van der Waals surface area contributed by atoms with Crippen molar-refractivity contribution in [2.45, 2.75) is 13.0 Å². The van der Waals surface area contributed by atoms with Gasteiger partial charge in [-0.25, -0.2) is 0 Å². The molecule has 5 nitrogen and oxygen atoms in total. The maximum Gasteiger partial charge on any atom is 0.269 e. The van der Waals surface area contributed by atoms with Crippen LogP contribution < -0.4 is 9.80 Å². The highest BCUT2D eigenvalue weighted by molar-refractivity contribution is 6.34. The highest BCUT2D eigenvalue weighted by Crippen LogP contribution is 2.28. The number of carbonyl (C=O) groups excluding carboxylic acids is 2. The van der Waals surface area contributed by atoms with Crippen LogP contribution in [0.1, 0.15) is 11.1 Å². The van der Waals surface area contributed by atoms with E-state index >= 15 is 0 Å². The lowest BCUT2D eigenvalue weighted by Gasteiger charge is -2.25. The molecule has 0 atom stereocenters. The van der Waals surface area contributed by atoms with Gasteiger partial charge in [-0.05, 0) is 29.7 Å². The Hall–Kier alpha value is -2.95. The summed E-state index contributed by atoms with van der Waals surface area (Å²) in [5.74, 6) is -0.320. The number of hydrogen-bond donors (Lipinski definition) is 0. The monoisotopic (exact) mass is 319 g/mol. The van der Waals surface area contributed by atoms with Gasteiger partial charge < -0.3 is 4.90 Å². The number of fused-ring (bicyclic) bond motifs is 2. The molecule has 0 bridgehead atoms. The molecule has 2 heterocycles. The van der Waals surface area contributed by atoms with E-state index in [1.54, 1.807) is 4.90 Å². The Morgan fingerprint density at radius 1 is 1.00 bits per heavy atom. The molecule has 0 saturated carbocycles. The molecule has 0 spiro atoms. The Labute approximate surface area is 140 Å². The summed E-state index contributed by atoms with van der Waals surface area (Å²) in [6.07, 6.45) is 2.17. The fraction of sp³-hybridized carbons (Fsp3) is 0.211. The number of hydrogen-bond acceptors (Lipinski definition) is 3. The smallest absolute Gasteiger partial charge is 0.269 e. The fourth-order valence-corrected chi connectivity index (χ4v) is 3.30. The van der Waals surface area contributed by atoms with Gasteiger partial charge >= 0.3 is 0 Å². The lowest BCUT2D eigenvalue weighted by Crippen LogP contribution is -2.43. The first-order valence-corrected chi connectivity index (χ1v) is 8.01. The van der Waals surface area contributed by atoms with Gasteiger partial charge in [0.2, 0.25) is 5.91 Å². The second-order valence-corrected chi connectivity index (χ2v) is 5.95. The molecule has 0 N–H and O–H groups in total. The maximum absolute atomic E-state index is 12.8. The average molecular weight is 319 g/mol. The van der Waals surface area contributed by atoms with Gasteiger partial charge in [0.15, 0.2) is 0 Å². The standard InChI is InChI=1S/C19H17N3O2/c23-18-12-20-11-15-6-2-4-8-17(15)22(18)13-19(24)21-10-9-14-5-1-3-7-16(14)21/h1-8,12H,9-11,13H2. The molecule has 2 aliphatic rings. The molecule has 5 heteroatoms. The van der Waals surface area contributed by atoms with Crippen LogP contribution in [-0.4, -0.2) is 31.1 Å².